The first-order valence-corrected chi connectivity index (χ1v) is 13.9. The van der Waals surface area contributed by atoms with Gasteiger partial charge in [0.25, 0.3) is 5.91 Å². The number of fused-ring (bicyclic) bond motifs is 1. The zero-order valence-electron chi connectivity index (χ0n) is 23.4. The second kappa shape index (κ2) is 11.6. The van der Waals surface area contributed by atoms with E-state index in [-0.39, 0.29) is 11.8 Å². The number of carbonyl (C=O) groups is 2. The van der Waals surface area contributed by atoms with Gasteiger partial charge in [-0.2, -0.15) is 5.10 Å². The number of aryl methyl sites for hydroxylation is 1. The van der Waals surface area contributed by atoms with Crippen molar-refractivity contribution in [3.63, 3.8) is 0 Å². The van der Waals surface area contributed by atoms with Crippen molar-refractivity contribution in [3.8, 4) is 11.1 Å². The average Bonchev–Trinajstić information content (AvgIpc) is 3.36. The maximum absolute atomic E-state index is 12.3. The molecule has 1 fully saturated rings. The molecule has 0 spiro atoms. The highest BCUT2D eigenvalue weighted by Crippen LogP contribution is 2.38. The number of rotatable bonds is 7. The summed E-state index contributed by atoms with van der Waals surface area (Å²) in [5.41, 5.74) is 7.15. The van der Waals surface area contributed by atoms with Crippen molar-refractivity contribution in [1.82, 2.24) is 25.0 Å². The minimum atomic E-state index is -0.197. The first-order valence-electron chi connectivity index (χ1n) is 13.9. The van der Waals surface area contributed by atoms with Crippen LogP contribution in [0.1, 0.15) is 66.5 Å². The van der Waals surface area contributed by atoms with E-state index >= 15 is 0 Å². The summed E-state index contributed by atoms with van der Waals surface area (Å²) < 4.78 is 7.85. The van der Waals surface area contributed by atoms with Crippen LogP contribution in [0.3, 0.4) is 0 Å². The van der Waals surface area contributed by atoms with Gasteiger partial charge in [0, 0.05) is 75.9 Å². The molecule has 0 atom stereocenters. The van der Waals surface area contributed by atoms with Gasteiger partial charge in [-0.05, 0) is 48.6 Å². The van der Waals surface area contributed by atoms with Gasteiger partial charge in [0.15, 0.2) is 5.82 Å². The molecule has 0 saturated carbocycles. The van der Waals surface area contributed by atoms with Crippen LogP contribution in [0.15, 0.2) is 36.5 Å². The molecule has 0 unspecified atom stereocenters. The van der Waals surface area contributed by atoms with Crippen LogP contribution in [0.25, 0.3) is 11.1 Å². The normalized spacial score (nSPS) is 15.6. The lowest BCUT2D eigenvalue weighted by Gasteiger charge is -2.30. The van der Waals surface area contributed by atoms with Crippen LogP contribution in [0.5, 0.6) is 0 Å². The van der Waals surface area contributed by atoms with Gasteiger partial charge < -0.3 is 19.9 Å². The van der Waals surface area contributed by atoms with Crippen molar-refractivity contribution in [2.24, 2.45) is 0 Å². The molecule has 39 heavy (non-hydrogen) atoms. The molecular formula is C30H38N6O3. The third-order valence-corrected chi connectivity index (χ3v) is 7.88. The molecule has 0 radical (unpaired) electrons. The van der Waals surface area contributed by atoms with E-state index in [9.17, 15) is 9.59 Å². The number of hydrogen-bond acceptors (Lipinski definition) is 6. The molecule has 2 aliphatic heterocycles. The monoisotopic (exact) mass is 530 g/mol. The second-order valence-corrected chi connectivity index (χ2v) is 10.4. The number of anilines is 2. The molecule has 2 aromatic heterocycles. The number of benzene rings is 1. The van der Waals surface area contributed by atoms with Crippen molar-refractivity contribution >= 4 is 23.3 Å². The minimum absolute atomic E-state index is 0.0974. The minimum Gasteiger partial charge on any atom is -0.381 e. The van der Waals surface area contributed by atoms with Crippen molar-refractivity contribution < 1.29 is 14.3 Å². The van der Waals surface area contributed by atoms with Crippen molar-refractivity contribution in [1.29, 1.82) is 0 Å². The summed E-state index contributed by atoms with van der Waals surface area (Å²) >= 11 is 0. The van der Waals surface area contributed by atoms with E-state index in [1.807, 2.05) is 11.0 Å². The summed E-state index contributed by atoms with van der Waals surface area (Å²) in [6.07, 6.45) is 6.39. The number of nitrogens with one attached hydrogen (secondary N) is 1. The Balaban J connectivity index is 1.52. The number of carbonyl (C=O) groups excluding carboxylic acids is 2. The maximum Gasteiger partial charge on any atom is 0.269 e. The van der Waals surface area contributed by atoms with Crippen LogP contribution >= 0.6 is 0 Å². The SMILES string of the molecule is CCCc1cc(-c2ccc(C(=O)NC)nc2)ccc1N(C)c1nn(C2CCOCC2)c2c1CN(C(C)=O)CC2. The fourth-order valence-electron chi connectivity index (χ4n) is 5.70. The number of aromatic nitrogens is 3. The standard InChI is InChI=1S/C30H38N6O3/c1-5-6-22-17-21(23-7-9-26(32-18-23)30(38)31-3)8-10-27(22)34(4)29-25-19-35(20(2)37)14-11-28(25)36(33-29)24-12-15-39-16-13-24/h7-10,17-18,24H,5-6,11-16,19H2,1-4H3,(H,31,38). The van der Waals surface area contributed by atoms with Crippen LogP contribution in [0, 0.1) is 0 Å². The number of ether oxygens (including phenoxy) is 1. The van der Waals surface area contributed by atoms with Crippen LogP contribution in [0.4, 0.5) is 11.5 Å². The van der Waals surface area contributed by atoms with Gasteiger partial charge in [0.2, 0.25) is 5.91 Å². The van der Waals surface area contributed by atoms with E-state index in [0.717, 1.165) is 80.1 Å². The summed E-state index contributed by atoms with van der Waals surface area (Å²) in [4.78, 5) is 32.7. The van der Waals surface area contributed by atoms with Gasteiger partial charge in [-0.15, -0.1) is 0 Å². The number of hydrogen-bond donors (Lipinski definition) is 1. The topological polar surface area (TPSA) is 92.6 Å². The molecule has 0 aliphatic carbocycles. The Kier molecular flexibility index (Phi) is 7.97. The summed E-state index contributed by atoms with van der Waals surface area (Å²) in [5, 5.41) is 7.82. The van der Waals surface area contributed by atoms with E-state index in [4.69, 9.17) is 9.84 Å². The molecule has 1 saturated heterocycles. The summed E-state index contributed by atoms with van der Waals surface area (Å²) in [6.45, 7) is 6.64. The van der Waals surface area contributed by atoms with Crippen LogP contribution in [-0.2, 0) is 28.9 Å². The van der Waals surface area contributed by atoms with Crippen molar-refractivity contribution in [2.75, 3.05) is 38.8 Å². The van der Waals surface area contributed by atoms with Gasteiger partial charge in [-0.1, -0.05) is 25.5 Å². The van der Waals surface area contributed by atoms with Crippen LogP contribution in [0.2, 0.25) is 0 Å². The molecule has 4 heterocycles. The molecule has 3 aromatic rings. The lowest BCUT2D eigenvalue weighted by atomic mass is 9.99. The molecule has 1 N–H and O–H groups in total. The van der Waals surface area contributed by atoms with Gasteiger partial charge in [0.1, 0.15) is 5.69 Å². The van der Waals surface area contributed by atoms with E-state index in [2.05, 4.69) is 52.1 Å². The number of pyridine rings is 1. The molecule has 2 amide bonds. The Hall–Kier alpha value is -3.72. The Bertz CT molecular complexity index is 1340. The molecule has 5 rings (SSSR count). The van der Waals surface area contributed by atoms with Gasteiger partial charge in [0.05, 0.1) is 12.6 Å². The molecule has 0 bridgehead atoms. The van der Waals surface area contributed by atoms with Crippen molar-refractivity contribution in [3.05, 3.63) is 59.0 Å². The fraction of sp³-hybridized carbons (Fsp3) is 0.467. The first kappa shape index (κ1) is 26.9. The van der Waals surface area contributed by atoms with Crippen LogP contribution in [-0.4, -0.2) is 65.3 Å². The van der Waals surface area contributed by atoms with E-state index in [0.29, 0.717) is 18.3 Å². The Morgan fingerprint density at radius 2 is 1.92 bits per heavy atom. The van der Waals surface area contributed by atoms with Crippen molar-refractivity contribution in [2.45, 2.75) is 58.5 Å². The van der Waals surface area contributed by atoms with E-state index in [1.165, 1.54) is 11.3 Å². The van der Waals surface area contributed by atoms with E-state index < -0.39 is 0 Å². The predicted molar refractivity (Wildman–Crippen MR) is 151 cm³/mol. The molecular weight excluding hydrogens is 492 g/mol. The summed E-state index contributed by atoms with van der Waals surface area (Å²) in [6, 6.07) is 10.5. The Morgan fingerprint density at radius 3 is 2.59 bits per heavy atom. The van der Waals surface area contributed by atoms with Gasteiger partial charge in [-0.3, -0.25) is 19.3 Å². The van der Waals surface area contributed by atoms with E-state index in [1.54, 1.807) is 26.2 Å². The quantitative estimate of drug-likeness (QED) is 0.490. The molecule has 2 aliphatic rings. The zero-order chi connectivity index (χ0) is 27.5. The second-order valence-electron chi connectivity index (χ2n) is 10.4. The zero-order valence-corrected chi connectivity index (χ0v) is 23.4. The third kappa shape index (κ3) is 5.41. The maximum atomic E-state index is 12.3. The highest BCUT2D eigenvalue weighted by molar-refractivity contribution is 5.92. The molecule has 1 aromatic carbocycles. The molecule has 9 nitrogen and oxygen atoms in total. The highest BCUT2D eigenvalue weighted by Gasteiger charge is 2.31. The van der Waals surface area contributed by atoms with Gasteiger partial charge in [-0.25, -0.2) is 0 Å². The fourth-order valence-corrected chi connectivity index (χ4v) is 5.70. The Morgan fingerprint density at radius 1 is 1.15 bits per heavy atom. The Labute approximate surface area is 230 Å². The third-order valence-electron chi connectivity index (χ3n) is 7.88. The lowest BCUT2D eigenvalue weighted by Crippen LogP contribution is -2.35. The average molecular weight is 531 g/mol. The van der Waals surface area contributed by atoms with Crippen LogP contribution < -0.4 is 10.2 Å². The molecule has 206 valence electrons. The summed E-state index contributed by atoms with van der Waals surface area (Å²) in [7, 11) is 3.68. The predicted octanol–water partition coefficient (Wildman–Crippen LogP) is 4.28. The number of nitrogens with zero attached hydrogens (tertiary/aromatic N) is 5. The first-order chi connectivity index (χ1) is 18.9. The van der Waals surface area contributed by atoms with Gasteiger partial charge >= 0.3 is 0 Å². The smallest absolute Gasteiger partial charge is 0.269 e. The largest absolute Gasteiger partial charge is 0.381 e. The number of amides is 2. The lowest BCUT2D eigenvalue weighted by molar-refractivity contribution is -0.129. The highest BCUT2D eigenvalue weighted by atomic mass is 16.5. The summed E-state index contributed by atoms with van der Waals surface area (Å²) in [5.74, 6) is 0.821. The molecule has 9 heteroatoms.